The minimum atomic E-state index is -4.02. The summed E-state index contributed by atoms with van der Waals surface area (Å²) in [6.07, 6.45) is 6.51. The average molecular weight is 555 g/mol. The van der Waals surface area contributed by atoms with E-state index in [1.54, 1.807) is 72.8 Å². The highest BCUT2D eigenvalue weighted by Gasteiger charge is 2.33. The lowest BCUT2D eigenvalue weighted by atomic mass is 10.1. The molecule has 0 aliphatic carbocycles. The highest BCUT2D eigenvalue weighted by atomic mass is 35.5. The van der Waals surface area contributed by atoms with Crippen molar-refractivity contribution in [2.24, 2.45) is 0 Å². The van der Waals surface area contributed by atoms with Gasteiger partial charge in [0.15, 0.2) is 9.84 Å². The van der Waals surface area contributed by atoms with Crippen LogP contribution < -0.4 is 0 Å². The fourth-order valence-corrected chi connectivity index (χ4v) is 6.06. The van der Waals surface area contributed by atoms with Crippen molar-refractivity contribution in [3.8, 4) is 0 Å². The molecule has 4 aromatic carbocycles. The fraction of sp³-hybridized carbons (Fsp3) is 0.0667. The van der Waals surface area contributed by atoms with Gasteiger partial charge in [0.05, 0.1) is 0 Å². The molecule has 2 nitrogen and oxygen atoms in total. The highest BCUT2D eigenvalue weighted by molar-refractivity contribution is 7.92. The number of halogens is 4. The number of hydrogen-bond acceptors (Lipinski definition) is 2. The van der Waals surface area contributed by atoms with Gasteiger partial charge in [-0.05, 0) is 70.8 Å². The van der Waals surface area contributed by atoms with E-state index in [-0.39, 0.29) is 0 Å². The Balaban J connectivity index is 1.81. The van der Waals surface area contributed by atoms with Crippen molar-refractivity contribution in [1.82, 2.24) is 0 Å². The first-order valence-electron chi connectivity index (χ1n) is 11.3. The molecule has 0 bridgehead atoms. The molecule has 0 fully saturated rings. The van der Waals surface area contributed by atoms with E-state index in [9.17, 15) is 17.2 Å². The van der Waals surface area contributed by atoms with Gasteiger partial charge in [0, 0.05) is 10.0 Å². The zero-order valence-electron chi connectivity index (χ0n) is 19.4. The van der Waals surface area contributed by atoms with Crippen LogP contribution in [0.2, 0.25) is 10.0 Å². The van der Waals surface area contributed by atoms with Crippen LogP contribution in [-0.2, 0) is 9.84 Å². The van der Waals surface area contributed by atoms with Gasteiger partial charge in [-0.15, -0.1) is 0 Å². The predicted molar refractivity (Wildman–Crippen MR) is 148 cm³/mol. The van der Waals surface area contributed by atoms with Crippen LogP contribution in [0.3, 0.4) is 0 Å². The van der Waals surface area contributed by atoms with E-state index in [2.05, 4.69) is 0 Å². The van der Waals surface area contributed by atoms with Gasteiger partial charge in [0.1, 0.15) is 22.1 Å². The van der Waals surface area contributed by atoms with Crippen molar-refractivity contribution in [3.05, 3.63) is 153 Å². The molecule has 37 heavy (non-hydrogen) atoms. The summed E-state index contributed by atoms with van der Waals surface area (Å²) in [6, 6.07) is 24.6. The van der Waals surface area contributed by atoms with Crippen LogP contribution in [0, 0.1) is 11.6 Å². The van der Waals surface area contributed by atoms with Crippen molar-refractivity contribution in [2.45, 2.75) is 10.5 Å². The molecule has 0 aliphatic rings. The normalized spacial score (nSPS) is 13.7. The Kier molecular flexibility index (Phi) is 8.59. The maximum absolute atomic E-state index is 14.2. The first-order valence-corrected chi connectivity index (χ1v) is 13.7. The highest BCUT2D eigenvalue weighted by Crippen LogP contribution is 2.37. The van der Waals surface area contributed by atoms with Gasteiger partial charge < -0.3 is 0 Å². The standard InChI is InChI=1S/C30H22Cl2F2O2S/c31-25-11-1-21(2-12-25)5-19-29(23-7-15-27(33)16-8-23)37(35,36)30(24-9-17-28(34)18-10-24)20-6-22-3-13-26(32)14-4-22/h1-20,29-30H. The van der Waals surface area contributed by atoms with Crippen molar-refractivity contribution < 1.29 is 17.2 Å². The Morgan fingerprint density at radius 1 is 0.541 bits per heavy atom. The zero-order chi connectivity index (χ0) is 26.4. The van der Waals surface area contributed by atoms with Gasteiger partial charge in [-0.3, -0.25) is 0 Å². The molecule has 0 aromatic heterocycles. The summed E-state index contributed by atoms with van der Waals surface area (Å²) in [6.45, 7) is 0. The minimum Gasteiger partial charge on any atom is -0.227 e. The molecular formula is C30H22Cl2F2O2S. The first kappa shape index (κ1) is 26.8. The summed E-state index contributed by atoms with van der Waals surface area (Å²) in [7, 11) is -4.02. The molecule has 0 aliphatic heterocycles. The second-order valence-electron chi connectivity index (χ2n) is 8.35. The van der Waals surface area contributed by atoms with E-state index in [1.165, 1.54) is 48.5 Å². The van der Waals surface area contributed by atoms with Crippen LogP contribution in [0.5, 0.6) is 0 Å². The Morgan fingerprint density at radius 2 is 0.865 bits per heavy atom. The summed E-state index contributed by atoms with van der Waals surface area (Å²) in [5.41, 5.74) is 2.31. The van der Waals surface area contributed by atoms with Crippen molar-refractivity contribution >= 4 is 45.2 Å². The zero-order valence-corrected chi connectivity index (χ0v) is 21.8. The summed E-state index contributed by atoms with van der Waals surface area (Å²) in [5, 5.41) is -1.12. The van der Waals surface area contributed by atoms with E-state index in [1.807, 2.05) is 0 Å². The quantitative estimate of drug-likeness (QED) is 0.218. The summed E-state index contributed by atoms with van der Waals surface area (Å²) < 4.78 is 55.8. The van der Waals surface area contributed by atoms with Gasteiger partial charge in [-0.25, -0.2) is 17.2 Å². The molecule has 7 heteroatoms. The Morgan fingerprint density at radius 3 is 1.19 bits per heavy atom. The Bertz CT molecular complexity index is 1390. The SMILES string of the molecule is O=S(=O)(C(C=Cc1ccc(Cl)cc1)c1ccc(F)cc1)C(C=Cc1ccc(Cl)cc1)c1ccc(F)cc1. The third-order valence-corrected chi connectivity index (χ3v) is 8.55. The monoisotopic (exact) mass is 554 g/mol. The van der Waals surface area contributed by atoms with E-state index in [0.29, 0.717) is 21.2 Å². The van der Waals surface area contributed by atoms with Gasteiger partial charge in [0.2, 0.25) is 0 Å². The van der Waals surface area contributed by atoms with Gasteiger partial charge in [-0.2, -0.15) is 0 Å². The molecular weight excluding hydrogens is 533 g/mol. The molecule has 0 amide bonds. The van der Waals surface area contributed by atoms with Crippen molar-refractivity contribution in [1.29, 1.82) is 0 Å². The van der Waals surface area contributed by atoms with Crippen LogP contribution in [0.25, 0.3) is 12.2 Å². The molecule has 2 unspecified atom stereocenters. The van der Waals surface area contributed by atoms with Crippen LogP contribution in [0.4, 0.5) is 8.78 Å². The average Bonchev–Trinajstić information content (AvgIpc) is 2.88. The molecule has 0 heterocycles. The van der Waals surface area contributed by atoms with Crippen LogP contribution >= 0.6 is 23.2 Å². The number of benzene rings is 4. The lowest BCUT2D eigenvalue weighted by Gasteiger charge is -2.22. The van der Waals surface area contributed by atoms with E-state index in [0.717, 1.165) is 11.1 Å². The largest absolute Gasteiger partial charge is 0.227 e. The fourth-order valence-electron chi connectivity index (χ4n) is 3.83. The topological polar surface area (TPSA) is 34.1 Å². The lowest BCUT2D eigenvalue weighted by Crippen LogP contribution is -2.19. The summed E-state index contributed by atoms with van der Waals surface area (Å²) in [4.78, 5) is 0. The summed E-state index contributed by atoms with van der Waals surface area (Å²) >= 11 is 11.9. The maximum atomic E-state index is 14.2. The molecule has 4 aromatic rings. The maximum Gasteiger partial charge on any atom is 0.171 e. The number of rotatable bonds is 8. The van der Waals surface area contributed by atoms with Gasteiger partial charge >= 0.3 is 0 Å². The predicted octanol–water partition coefficient (Wildman–Crippen LogP) is 8.90. The number of sulfone groups is 1. The Hall–Kier alpha value is -3.25. The van der Waals surface area contributed by atoms with Crippen molar-refractivity contribution in [3.63, 3.8) is 0 Å². The van der Waals surface area contributed by atoms with Crippen molar-refractivity contribution in [2.75, 3.05) is 0 Å². The molecule has 0 spiro atoms. The van der Waals surface area contributed by atoms with Gasteiger partial charge in [0.25, 0.3) is 0 Å². The molecule has 188 valence electrons. The van der Waals surface area contributed by atoms with Crippen LogP contribution in [0.1, 0.15) is 32.8 Å². The third-order valence-electron chi connectivity index (χ3n) is 5.77. The summed E-state index contributed by atoms with van der Waals surface area (Å²) in [5.74, 6) is -0.946. The van der Waals surface area contributed by atoms with E-state index < -0.39 is 32.0 Å². The van der Waals surface area contributed by atoms with E-state index >= 15 is 0 Å². The van der Waals surface area contributed by atoms with Crippen LogP contribution in [-0.4, -0.2) is 8.42 Å². The third kappa shape index (κ3) is 6.95. The molecule has 2 atom stereocenters. The number of hydrogen-bond donors (Lipinski definition) is 0. The molecule has 0 saturated heterocycles. The first-order chi connectivity index (χ1) is 17.7. The second kappa shape index (κ2) is 11.9. The van der Waals surface area contributed by atoms with Crippen LogP contribution in [0.15, 0.2) is 109 Å². The molecule has 0 N–H and O–H groups in total. The van der Waals surface area contributed by atoms with Gasteiger partial charge in [-0.1, -0.05) is 96.0 Å². The molecule has 0 radical (unpaired) electrons. The lowest BCUT2D eigenvalue weighted by molar-refractivity contribution is 0.583. The minimum absolute atomic E-state index is 0.401. The smallest absolute Gasteiger partial charge is 0.171 e. The molecule has 4 rings (SSSR count). The second-order valence-corrected chi connectivity index (χ2v) is 11.4. The Labute approximate surface area is 225 Å². The van der Waals surface area contributed by atoms with E-state index in [4.69, 9.17) is 23.2 Å². The molecule has 0 saturated carbocycles.